The van der Waals surface area contributed by atoms with E-state index in [9.17, 15) is 9.59 Å². The zero-order valence-electron chi connectivity index (χ0n) is 11.9. The van der Waals surface area contributed by atoms with Gasteiger partial charge in [-0.15, -0.1) is 0 Å². The van der Waals surface area contributed by atoms with Gasteiger partial charge in [0.05, 0.1) is 0 Å². The third-order valence-corrected chi connectivity index (χ3v) is 3.12. The van der Waals surface area contributed by atoms with E-state index in [-0.39, 0.29) is 11.8 Å². The Morgan fingerprint density at radius 2 is 1.71 bits per heavy atom. The maximum Gasteiger partial charge on any atom is 0.255 e. The van der Waals surface area contributed by atoms with Crippen LogP contribution in [0.2, 0.25) is 0 Å². The molecule has 0 aromatic heterocycles. The Labute approximate surface area is 123 Å². The summed E-state index contributed by atoms with van der Waals surface area (Å²) in [4.78, 5) is 23.8. The van der Waals surface area contributed by atoms with Crippen molar-refractivity contribution in [3.63, 3.8) is 0 Å². The van der Waals surface area contributed by atoms with Gasteiger partial charge in [-0.2, -0.15) is 0 Å². The molecule has 0 saturated carbocycles. The number of hydrogen-bond acceptors (Lipinski definition) is 3. The van der Waals surface area contributed by atoms with Gasteiger partial charge in [-0.05, 0) is 42.8 Å². The van der Waals surface area contributed by atoms with Crippen LogP contribution in [-0.2, 0) is 0 Å². The molecule has 5 nitrogen and oxygen atoms in total. The lowest BCUT2D eigenvalue weighted by molar-refractivity contribution is 0.0961. The number of benzene rings is 2. The number of aryl methyl sites for hydroxylation is 1. The van der Waals surface area contributed by atoms with Crippen molar-refractivity contribution in [1.29, 1.82) is 0 Å². The molecule has 0 heterocycles. The molecule has 2 rings (SSSR count). The van der Waals surface area contributed by atoms with Crippen LogP contribution in [0, 0.1) is 6.92 Å². The maximum atomic E-state index is 12.2. The fourth-order valence-corrected chi connectivity index (χ4v) is 1.92. The Kier molecular flexibility index (Phi) is 4.23. The normalized spacial score (nSPS) is 10.0. The molecular formula is C16H17N3O2. The van der Waals surface area contributed by atoms with E-state index in [2.05, 4.69) is 10.6 Å². The average Bonchev–Trinajstić information content (AvgIpc) is 2.48. The molecule has 2 amide bonds. The number of nitrogen functional groups attached to an aromatic ring is 1. The number of anilines is 2. The molecule has 21 heavy (non-hydrogen) atoms. The first-order chi connectivity index (χ1) is 10.0. The topological polar surface area (TPSA) is 84.2 Å². The summed E-state index contributed by atoms with van der Waals surface area (Å²) >= 11 is 0. The Balaban J connectivity index is 2.26. The summed E-state index contributed by atoms with van der Waals surface area (Å²) in [5.74, 6) is -0.464. The highest BCUT2D eigenvalue weighted by Gasteiger charge is 2.10. The summed E-state index contributed by atoms with van der Waals surface area (Å²) in [5.41, 5.74) is 8.63. The van der Waals surface area contributed by atoms with Gasteiger partial charge in [0.2, 0.25) is 0 Å². The molecule has 5 heteroatoms. The molecule has 0 aliphatic heterocycles. The van der Waals surface area contributed by atoms with Crippen LogP contribution in [-0.4, -0.2) is 18.9 Å². The van der Waals surface area contributed by atoms with E-state index in [0.717, 1.165) is 5.56 Å². The van der Waals surface area contributed by atoms with Crippen LogP contribution < -0.4 is 16.4 Å². The van der Waals surface area contributed by atoms with E-state index < -0.39 is 0 Å². The van der Waals surface area contributed by atoms with Crippen molar-refractivity contribution < 1.29 is 9.59 Å². The molecule has 0 aliphatic carbocycles. The Hall–Kier alpha value is -2.82. The van der Waals surface area contributed by atoms with Gasteiger partial charge in [0.1, 0.15) is 0 Å². The zero-order valence-corrected chi connectivity index (χ0v) is 11.9. The predicted octanol–water partition coefficient (Wildman–Crippen LogP) is 2.19. The second kappa shape index (κ2) is 6.09. The van der Waals surface area contributed by atoms with Crippen LogP contribution in [0.3, 0.4) is 0 Å². The number of nitrogens with one attached hydrogen (secondary N) is 2. The second-order valence-corrected chi connectivity index (χ2v) is 4.69. The monoisotopic (exact) mass is 283 g/mol. The second-order valence-electron chi connectivity index (χ2n) is 4.69. The summed E-state index contributed by atoms with van der Waals surface area (Å²) < 4.78 is 0. The Bertz CT molecular complexity index is 696. The first kappa shape index (κ1) is 14.6. The highest BCUT2D eigenvalue weighted by molar-refractivity contribution is 6.06. The standard InChI is InChI=1S/C16H17N3O2/c1-10-6-7-12(15(20)18-2)9-14(10)19-16(21)11-4-3-5-13(17)8-11/h3-9H,17H2,1-2H3,(H,18,20)(H,19,21). The molecule has 0 aliphatic rings. The van der Waals surface area contributed by atoms with Gasteiger partial charge in [0.15, 0.2) is 0 Å². The van der Waals surface area contributed by atoms with Gasteiger partial charge in [0.25, 0.3) is 11.8 Å². The van der Waals surface area contributed by atoms with Crippen LogP contribution in [0.1, 0.15) is 26.3 Å². The summed E-state index contributed by atoms with van der Waals surface area (Å²) in [6, 6.07) is 11.9. The van der Waals surface area contributed by atoms with Gasteiger partial charge in [0, 0.05) is 29.5 Å². The largest absolute Gasteiger partial charge is 0.399 e. The lowest BCUT2D eigenvalue weighted by Crippen LogP contribution is -2.19. The van der Waals surface area contributed by atoms with Crippen LogP contribution in [0.25, 0.3) is 0 Å². The number of carbonyl (C=O) groups excluding carboxylic acids is 2. The van der Waals surface area contributed by atoms with Gasteiger partial charge < -0.3 is 16.4 Å². The van der Waals surface area contributed by atoms with Crippen molar-refractivity contribution in [3.05, 3.63) is 59.2 Å². The Morgan fingerprint density at radius 1 is 1.00 bits per heavy atom. The number of carbonyl (C=O) groups is 2. The van der Waals surface area contributed by atoms with Crippen LogP contribution in [0.4, 0.5) is 11.4 Å². The van der Waals surface area contributed by atoms with Crippen molar-refractivity contribution in [3.8, 4) is 0 Å². The number of rotatable bonds is 3. The minimum absolute atomic E-state index is 0.200. The number of nitrogens with two attached hydrogens (primary N) is 1. The van der Waals surface area contributed by atoms with E-state index >= 15 is 0 Å². The van der Waals surface area contributed by atoms with Crippen molar-refractivity contribution >= 4 is 23.2 Å². The van der Waals surface area contributed by atoms with Gasteiger partial charge in [-0.25, -0.2) is 0 Å². The van der Waals surface area contributed by atoms with E-state index in [1.165, 1.54) is 0 Å². The highest BCUT2D eigenvalue weighted by atomic mass is 16.2. The molecule has 0 atom stereocenters. The number of amides is 2. The van der Waals surface area contributed by atoms with Crippen LogP contribution >= 0.6 is 0 Å². The third-order valence-electron chi connectivity index (χ3n) is 3.12. The first-order valence-corrected chi connectivity index (χ1v) is 6.51. The zero-order chi connectivity index (χ0) is 15.4. The van der Waals surface area contributed by atoms with Crippen molar-refractivity contribution in [2.45, 2.75) is 6.92 Å². The molecule has 0 saturated heterocycles. The highest BCUT2D eigenvalue weighted by Crippen LogP contribution is 2.18. The summed E-state index contributed by atoms with van der Waals surface area (Å²) in [6.45, 7) is 1.86. The predicted molar refractivity (Wildman–Crippen MR) is 83.4 cm³/mol. The summed E-state index contributed by atoms with van der Waals surface area (Å²) in [5, 5.41) is 5.35. The van der Waals surface area contributed by atoms with Gasteiger partial charge in [-0.1, -0.05) is 12.1 Å². The maximum absolute atomic E-state index is 12.2. The van der Waals surface area contributed by atoms with Gasteiger partial charge in [-0.3, -0.25) is 9.59 Å². The Morgan fingerprint density at radius 3 is 2.38 bits per heavy atom. The molecule has 108 valence electrons. The third kappa shape index (κ3) is 3.39. The van der Waals surface area contributed by atoms with Crippen molar-refractivity contribution in [2.75, 3.05) is 18.1 Å². The molecule has 2 aromatic rings. The fourth-order valence-electron chi connectivity index (χ4n) is 1.92. The smallest absolute Gasteiger partial charge is 0.255 e. The SMILES string of the molecule is CNC(=O)c1ccc(C)c(NC(=O)c2cccc(N)c2)c1. The fraction of sp³-hybridized carbons (Fsp3) is 0.125. The van der Waals surface area contributed by atoms with E-state index in [0.29, 0.717) is 22.5 Å². The van der Waals surface area contributed by atoms with Gasteiger partial charge >= 0.3 is 0 Å². The lowest BCUT2D eigenvalue weighted by Gasteiger charge is -2.10. The summed E-state index contributed by atoms with van der Waals surface area (Å²) in [7, 11) is 1.56. The minimum Gasteiger partial charge on any atom is -0.399 e. The number of hydrogen-bond donors (Lipinski definition) is 3. The minimum atomic E-state index is -0.264. The average molecular weight is 283 g/mol. The molecule has 2 aromatic carbocycles. The lowest BCUT2D eigenvalue weighted by atomic mass is 10.1. The first-order valence-electron chi connectivity index (χ1n) is 6.51. The molecule has 0 unspecified atom stereocenters. The van der Waals surface area contributed by atoms with E-state index in [4.69, 9.17) is 5.73 Å². The summed E-state index contributed by atoms with van der Waals surface area (Å²) in [6.07, 6.45) is 0. The van der Waals surface area contributed by atoms with E-state index in [1.807, 2.05) is 6.92 Å². The molecule has 4 N–H and O–H groups in total. The van der Waals surface area contributed by atoms with Crippen LogP contribution in [0.15, 0.2) is 42.5 Å². The molecular weight excluding hydrogens is 266 g/mol. The van der Waals surface area contributed by atoms with E-state index in [1.54, 1.807) is 49.5 Å². The molecule has 0 fully saturated rings. The van der Waals surface area contributed by atoms with Crippen LogP contribution in [0.5, 0.6) is 0 Å². The van der Waals surface area contributed by atoms with Crippen molar-refractivity contribution in [1.82, 2.24) is 5.32 Å². The van der Waals surface area contributed by atoms with Crippen molar-refractivity contribution in [2.24, 2.45) is 0 Å². The molecule has 0 radical (unpaired) electrons. The molecule has 0 spiro atoms. The quantitative estimate of drug-likeness (QED) is 0.755. The molecule has 0 bridgehead atoms.